The second-order valence-corrected chi connectivity index (χ2v) is 8.82. The molecule has 6 heteroatoms. The van der Waals surface area contributed by atoms with Crippen LogP contribution < -0.4 is 5.32 Å². The topological polar surface area (TPSA) is 59.4 Å². The van der Waals surface area contributed by atoms with Gasteiger partial charge in [0.1, 0.15) is 12.2 Å². The summed E-state index contributed by atoms with van der Waals surface area (Å²) >= 11 is 0. The number of alkyl halides is 1. The molecule has 2 bridgehead atoms. The van der Waals surface area contributed by atoms with Crippen molar-refractivity contribution < 1.29 is 9.18 Å². The Morgan fingerprint density at radius 2 is 2.04 bits per heavy atom. The van der Waals surface area contributed by atoms with Gasteiger partial charge >= 0.3 is 0 Å². The van der Waals surface area contributed by atoms with Crippen molar-refractivity contribution in [3.05, 3.63) is 0 Å². The minimum absolute atomic E-state index is 0.0484. The van der Waals surface area contributed by atoms with Crippen LogP contribution >= 0.6 is 0 Å². The average molecular weight is 336 g/mol. The van der Waals surface area contributed by atoms with E-state index in [1.54, 1.807) is 0 Å². The molecule has 2 saturated heterocycles. The predicted octanol–water partition coefficient (Wildman–Crippen LogP) is 1.55. The predicted molar refractivity (Wildman–Crippen MR) is 90.0 cm³/mol. The molecular formula is C18H29FN4O. The highest BCUT2D eigenvalue weighted by molar-refractivity contribution is 5.79. The van der Waals surface area contributed by atoms with Gasteiger partial charge in [0.25, 0.3) is 0 Å². The van der Waals surface area contributed by atoms with Crippen molar-refractivity contribution in [3.63, 3.8) is 0 Å². The Morgan fingerprint density at radius 1 is 1.33 bits per heavy atom. The number of likely N-dealkylation sites (tertiary alicyclic amines) is 2. The highest BCUT2D eigenvalue weighted by atomic mass is 19.1. The molecule has 2 aliphatic heterocycles. The fraction of sp³-hybridized carbons (Fsp3) is 0.889. The fourth-order valence-electron chi connectivity index (χ4n) is 5.25. The van der Waals surface area contributed by atoms with Gasteiger partial charge in [-0.05, 0) is 30.7 Å². The van der Waals surface area contributed by atoms with Gasteiger partial charge in [-0.2, -0.15) is 5.26 Å². The lowest BCUT2D eigenvalue weighted by molar-refractivity contribution is -0.131. The zero-order chi connectivity index (χ0) is 17.8. The first kappa shape index (κ1) is 17.6. The van der Waals surface area contributed by atoms with Crippen LogP contribution in [0.25, 0.3) is 0 Å². The van der Waals surface area contributed by atoms with Gasteiger partial charge in [0, 0.05) is 25.0 Å². The number of hydrogen-bond acceptors (Lipinski definition) is 4. The maximum absolute atomic E-state index is 13.6. The number of rotatable bonds is 3. The van der Waals surface area contributed by atoms with Crippen molar-refractivity contribution >= 4 is 5.91 Å². The summed E-state index contributed by atoms with van der Waals surface area (Å²) in [6.45, 7) is 9.16. The molecule has 1 saturated carbocycles. The third-order valence-electron chi connectivity index (χ3n) is 7.26. The minimum Gasteiger partial charge on any atom is -0.323 e. The van der Waals surface area contributed by atoms with E-state index in [0.29, 0.717) is 0 Å². The lowest BCUT2D eigenvalue weighted by Gasteiger charge is -2.56. The van der Waals surface area contributed by atoms with Crippen molar-refractivity contribution in [2.24, 2.45) is 10.8 Å². The van der Waals surface area contributed by atoms with Crippen molar-refractivity contribution in [1.82, 2.24) is 15.1 Å². The Balaban J connectivity index is 1.72. The van der Waals surface area contributed by atoms with Crippen LogP contribution in [0.15, 0.2) is 0 Å². The Bertz CT molecular complexity index is 574. The lowest BCUT2D eigenvalue weighted by atomic mass is 9.60. The van der Waals surface area contributed by atoms with Crippen LogP contribution in [0.1, 0.15) is 40.0 Å². The molecule has 0 aromatic heterocycles. The molecule has 3 aliphatic rings. The monoisotopic (exact) mass is 336 g/mol. The summed E-state index contributed by atoms with van der Waals surface area (Å²) in [5.41, 5.74) is 0.194. The molecule has 1 N–H and O–H groups in total. The van der Waals surface area contributed by atoms with Gasteiger partial charge in [-0.3, -0.25) is 4.79 Å². The number of piperidine rings is 1. The van der Waals surface area contributed by atoms with E-state index < -0.39 is 12.2 Å². The number of nitriles is 1. The van der Waals surface area contributed by atoms with Crippen molar-refractivity contribution in [2.45, 2.75) is 57.8 Å². The maximum Gasteiger partial charge on any atom is 0.237 e. The molecule has 0 aromatic rings. The zero-order valence-corrected chi connectivity index (χ0v) is 15.2. The first-order valence-corrected chi connectivity index (χ1v) is 8.91. The summed E-state index contributed by atoms with van der Waals surface area (Å²) in [7, 11) is 2.14. The molecule has 1 amide bonds. The van der Waals surface area contributed by atoms with Crippen molar-refractivity contribution in [3.8, 4) is 6.07 Å². The lowest BCUT2D eigenvalue weighted by Crippen LogP contribution is -2.67. The molecule has 0 aromatic carbocycles. The number of likely N-dealkylation sites (N-methyl/N-ethyl adjacent to an activating group) is 1. The molecular weight excluding hydrogens is 307 g/mol. The van der Waals surface area contributed by atoms with Crippen LogP contribution in [0.5, 0.6) is 0 Å². The summed E-state index contributed by atoms with van der Waals surface area (Å²) in [4.78, 5) is 16.3. The van der Waals surface area contributed by atoms with Crippen molar-refractivity contribution in [2.75, 3.05) is 33.2 Å². The fourth-order valence-corrected chi connectivity index (χ4v) is 5.25. The smallest absolute Gasteiger partial charge is 0.237 e. The van der Waals surface area contributed by atoms with E-state index in [2.05, 4.69) is 44.1 Å². The summed E-state index contributed by atoms with van der Waals surface area (Å²) in [5.74, 6) is -0.159. The first-order valence-electron chi connectivity index (χ1n) is 8.91. The molecule has 0 spiro atoms. The van der Waals surface area contributed by atoms with Gasteiger partial charge in [0.05, 0.1) is 19.2 Å². The highest BCUT2D eigenvalue weighted by Crippen LogP contribution is 2.60. The third kappa shape index (κ3) is 2.44. The van der Waals surface area contributed by atoms with Gasteiger partial charge < -0.3 is 15.1 Å². The molecule has 4 atom stereocenters. The van der Waals surface area contributed by atoms with Crippen molar-refractivity contribution in [1.29, 1.82) is 5.26 Å². The van der Waals surface area contributed by atoms with Gasteiger partial charge in [0.15, 0.2) is 0 Å². The van der Waals surface area contributed by atoms with Crippen LogP contribution in [0, 0.1) is 22.2 Å². The van der Waals surface area contributed by atoms with E-state index in [1.807, 2.05) is 0 Å². The third-order valence-corrected chi connectivity index (χ3v) is 7.26. The highest BCUT2D eigenvalue weighted by Gasteiger charge is 2.63. The van der Waals surface area contributed by atoms with E-state index in [1.165, 1.54) is 4.90 Å². The Kier molecular flexibility index (Phi) is 4.17. The molecule has 5 nitrogen and oxygen atoms in total. The zero-order valence-electron chi connectivity index (χ0n) is 15.2. The van der Waals surface area contributed by atoms with Crippen LogP contribution in [0.4, 0.5) is 4.39 Å². The van der Waals surface area contributed by atoms with Gasteiger partial charge in [-0.1, -0.05) is 20.8 Å². The van der Waals surface area contributed by atoms with E-state index >= 15 is 0 Å². The molecule has 1 aliphatic carbocycles. The number of carbonyl (C=O) groups excluding carboxylic acids is 1. The SMILES string of the molecule is CN1CC2(C)CC[C@](NCC(=O)N3C[C@@H](F)C[C@H]3C#N)(C1)C2(C)C. The van der Waals surface area contributed by atoms with Gasteiger partial charge in [-0.15, -0.1) is 0 Å². The maximum atomic E-state index is 13.6. The molecule has 3 rings (SSSR count). The van der Waals surface area contributed by atoms with E-state index in [9.17, 15) is 9.18 Å². The number of fused-ring (bicyclic) bond motifs is 2. The number of nitrogens with zero attached hydrogens (tertiary/aromatic N) is 3. The quantitative estimate of drug-likeness (QED) is 0.849. The largest absolute Gasteiger partial charge is 0.323 e. The van der Waals surface area contributed by atoms with Crippen LogP contribution in [-0.4, -0.2) is 66.7 Å². The Labute approximate surface area is 144 Å². The number of carbonyl (C=O) groups is 1. The normalized spacial score (nSPS) is 41.4. The van der Waals surface area contributed by atoms with E-state index in [-0.39, 0.29) is 41.8 Å². The summed E-state index contributed by atoms with van der Waals surface area (Å²) in [5, 5.41) is 12.7. The molecule has 24 heavy (non-hydrogen) atoms. The summed E-state index contributed by atoms with van der Waals surface area (Å²) in [6.07, 6.45) is 1.24. The van der Waals surface area contributed by atoms with Gasteiger partial charge in [0.2, 0.25) is 5.91 Å². The van der Waals surface area contributed by atoms with Gasteiger partial charge in [-0.25, -0.2) is 4.39 Å². The number of halogens is 1. The Hall–Kier alpha value is -1.19. The first-order chi connectivity index (χ1) is 11.1. The van der Waals surface area contributed by atoms with E-state index in [4.69, 9.17) is 5.26 Å². The molecule has 2 heterocycles. The second-order valence-electron chi connectivity index (χ2n) is 8.82. The number of hydrogen-bond donors (Lipinski definition) is 1. The van der Waals surface area contributed by atoms with Crippen LogP contribution in [0.2, 0.25) is 0 Å². The van der Waals surface area contributed by atoms with Crippen LogP contribution in [0.3, 0.4) is 0 Å². The average Bonchev–Trinajstić information content (AvgIpc) is 2.90. The molecule has 134 valence electrons. The summed E-state index contributed by atoms with van der Waals surface area (Å²) in [6, 6.07) is 1.43. The minimum atomic E-state index is -1.08. The van der Waals surface area contributed by atoms with Crippen LogP contribution in [-0.2, 0) is 4.79 Å². The summed E-state index contributed by atoms with van der Waals surface area (Å²) < 4.78 is 13.6. The number of nitrogens with one attached hydrogen (secondary N) is 1. The molecule has 1 unspecified atom stereocenters. The standard InChI is InChI=1S/C18H29FN4O/c1-16(2)17(3)5-6-18(16,12-22(4)11-17)21-9-15(24)23-10-13(19)7-14(23)8-20/h13-14,21H,5-7,9-12H2,1-4H3/t13-,14-,17?,18-/m0/s1. The second kappa shape index (κ2) is 5.67. The molecule has 3 fully saturated rings. The van der Waals surface area contributed by atoms with E-state index in [0.717, 1.165) is 25.9 Å². The molecule has 0 radical (unpaired) electrons. The number of amides is 1. The Morgan fingerprint density at radius 3 is 2.71 bits per heavy atom.